The molecule has 10 nitrogen and oxygen atoms in total. The molecular formula is C33H37FN8O2. The molecule has 11 heteroatoms. The Bertz CT molecular complexity index is 1800. The molecule has 0 spiro atoms. The number of H-pyrrole nitrogens is 1. The molecule has 4 aromatic rings. The molecule has 1 amide bonds. The number of anilines is 3. The zero-order valence-corrected chi connectivity index (χ0v) is 25.4. The number of halogens is 1. The Balaban J connectivity index is 1.59. The smallest absolute Gasteiger partial charge is 0.246 e. The molecule has 44 heavy (non-hydrogen) atoms. The fourth-order valence-electron chi connectivity index (χ4n) is 6.52. The number of pyridine rings is 1. The normalized spacial score (nSPS) is 17.5. The summed E-state index contributed by atoms with van der Waals surface area (Å²) in [5.41, 5.74) is 5.95. The third-order valence-electron chi connectivity index (χ3n) is 8.86. The summed E-state index contributed by atoms with van der Waals surface area (Å²) in [5, 5.41) is 31.7. The standard InChI is InChI=1S/C33H37FN8O2/c1-6-26(44)41-13-14-42-21(17-41)10-12-40(5)32-28(33(42)35)25(38-30-19(3)9-11-36-31(30)20(4)43)15-22(29(32)34)27-18(2)7-8-24-23(27)16-37-39-24/h6-9,11,15-16,20-21,35,38,43H,1,10,12-14,17H2,2-5H3,(H,37,39). The van der Waals surface area contributed by atoms with Gasteiger partial charge >= 0.3 is 0 Å². The van der Waals surface area contributed by atoms with Crippen molar-refractivity contribution in [1.82, 2.24) is 25.0 Å². The highest BCUT2D eigenvalue weighted by Crippen LogP contribution is 2.44. The molecule has 2 aliphatic heterocycles. The lowest BCUT2D eigenvalue weighted by Crippen LogP contribution is -2.58. The van der Waals surface area contributed by atoms with Gasteiger partial charge in [0.25, 0.3) is 0 Å². The lowest BCUT2D eigenvalue weighted by Gasteiger charge is -2.45. The molecule has 4 heterocycles. The molecule has 2 unspecified atom stereocenters. The number of aromatic amines is 1. The van der Waals surface area contributed by atoms with Crippen molar-refractivity contribution in [3.05, 3.63) is 77.5 Å². The predicted octanol–water partition coefficient (Wildman–Crippen LogP) is 5.04. The van der Waals surface area contributed by atoms with Gasteiger partial charge in [0, 0.05) is 56.4 Å². The number of hydrogen-bond acceptors (Lipinski definition) is 7. The molecule has 4 N–H and O–H groups in total. The molecule has 0 saturated carbocycles. The van der Waals surface area contributed by atoms with E-state index in [0.29, 0.717) is 66.5 Å². The van der Waals surface area contributed by atoms with Crippen LogP contribution in [-0.2, 0) is 4.79 Å². The number of amidine groups is 1. The molecule has 2 aromatic carbocycles. The first-order chi connectivity index (χ1) is 21.1. The highest BCUT2D eigenvalue weighted by atomic mass is 19.1. The third kappa shape index (κ3) is 4.86. The van der Waals surface area contributed by atoms with Crippen molar-refractivity contribution in [2.45, 2.75) is 39.3 Å². The number of aliphatic hydroxyl groups excluding tert-OH is 1. The van der Waals surface area contributed by atoms with Crippen LogP contribution < -0.4 is 10.2 Å². The monoisotopic (exact) mass is 596 g/mol. The number of aromatic nitrogens is 3. The first-order valence-electron chi connectivity index (χ1n) is 14.8. The molecule has 0 bridgehead atoms. The summed E-state index contributed by atoms with van der Waals surface area (Å²) in [7, 11) is 1.84. The van der Waals surface area contributed by atoms with Gasteiger partial charge in [0.15, 0.2) is 5.82 Å². The number of aryl methyl sites for hydroxylation is 2. The highest BCUT2D eigenvalue weighted by molar-refractivity contribution is 6.10. The molecule has 1 saturated heterocycles. The fourth-order valence-corrected chi connectivity index (χ4v) is 6.52. The molecule has 0 aliphatic carbocycles. The van der Waals surface area contributed by atoms with Gasteiger partial charge in [0.2, 0.25) is 5.91 Å². The first kappa shape index (κ1) is 29.3. The Kier molecular flexibility index (Phi) is 7.58. The average Bonchev–Trinajstić information content (AvgIpc) is 3.49. The molecule has 2 atom stereocenters. The Morgan fingerprint density at radius 2 is 2.02 bits per heavy atom. The number of carbonyl (C=O) groups excluding carboxylic acids is 1. The molecule has 2 aromatic heterocycles. The Morgan fingerprint density at radius 1 is 1.23 bits per heavy atom. The van der Waals surface area contributed by atoms with Crippen molar-refractivity contribution in [2.24, 2.45) is 0 Å². The molecule has 2 aliphatic rings. The Labute approximate surface area is 255 Å². The van der Waals surface area contributed by atoms with Crippen LogP contribution in [0.4, 0.5) is 21.5 Å². The summed E-state index contributed by atoms with van der Waals surface area (Å²) < 4.78 is 17.1. The number of benzene rings is 2. The van der Waals surface area contributed by atoms with Crippen LogP contribution in [-0.4, -0.2) is 81.1 Å². The van der Waals surface area contributed by atoms with Crippen LogP contribution in [0, 0.1) is 25.1 Å². The number of fused-ring (bicyclic) bond motifs is 3. The minimum Gasteiger partial charge on any atom is -0.387 e. The molecule has 0 radical (unpaired) electrons. The minimum absolute atomic E-state index is 0.124. The van der Waals surface area contributed by atoms with E-state index in [9.17, 15) is 15.3 Å². The zero-order valence-electron chi connectivity index (χ0n) is 25.4. The summed E-state index contributed by atoms with van der Waals surface area (Å²) in [6.45, 7) is 11.0. The number of nitrogens with one attached hydrogen (secondary N) is 3. The SMILES string of the molecule is C=CC(=O)N1CCN2C(=N)c3c(Nc4c(C)ccnc4C(C)O)cc(-c4c(C)ccc5[nH]ncc45)c(F)c3N(C)CCC2C1. The van der Waals surface area contributed by atoms with Gasteiger partial charge in [-0.2, -0.15) is 5.10 Å². The topological polar surface area (TPSA) is 124 Å². The van der Waals surface area contributed by atoms with Gasteiger partial charge in [-0.3, -0.25) is 20.3 Å². The minimum atomic E-state index is -0.858. The van der Waals surface area contributed by atoms with Crippen LogP contribution in [0.15, 0.2) is 49.3 Å². The molecular weight excluding hydrogens is 559 g/mol. The zero-order chi connectivity index (χ0) is 31.3. The second-order valence-electron chi connectivity index (χ2n) is 11.7. The second kappa shape index (κ2) is 11.4. The highest BCUT2D eigenvalue weighted by Gasteiger charge is 2.37. The first-order valence-corrected chi connectivity index (χ1v) is 14.8. The number of hydrogen-bond donors (Lipinski definition) is 4. The van der Waals surface area contributed by atoms with E-state index in [1.165, 1.54) is 6.08 Å². The maximum atomic E-state index is 17.1. The molecule has 6 rings (SSSR count). The van der Waals surface area contributed by atoms with E-state index in [1.807, 2.05) is 48.9 Å². The molecule has 1 fully saturated rings. The van der Waals surface area contributed by atoms with Crippen molar-refractivity contribution in [1.29, 1.82) is 5.41 Å². The number of carbonyl (C=O) groups is 1. The molecule has 228 valence electrons. The van der Waals surface area contributed by atoms with E-state index in [4.69, 9.17) is 0 Å². The van der Waals surface area contributed by atoms with Gasteiger partial charge < -0.3 is 25.1 Å². The lowest BCUT2D eigenvalue weighted by atomic mass is 9.91. The van der Waals surface area contributed by atoms with E-state index in [-0.39, 0.29) is 17.8 Å². The summed E-state index contributed by atoms with van der Waals surface area (Å²) in [5.74, 6) is -0.382. The fraction of sp³-hybridized carbons (Fsp3) is 0.333. The van der Waals surface area contributed by atoms with Crippen LogP contribution in [0.2, 0.25) is 0 Å². The predicted molar refractivity (Wildman–Crippen MR) is 171 cm³/mol. The summed E-state index contributed by atoms with van der Waals surface area (Å²) in [6, 6.07) is 7.36. The van der Waals surface area contributed by atoms with Gasteiger partial charge in [-0.25, -0.2) is 4.39 Å². The van der Waals surface area contributed by atoms with Crippen molar-refractivity contribution >= 4 is 39.7 Å². The number of piperazine rings is 1. The number of nitrogens with zero attached hydrogens (tertiary/aromatic N) is 5. The third-order valence-corrected chi connectivity index (χ3v) is 8.86. The number of aliphatic hydroxyl groups is 1. The van der Waals surface area contributed by atoms with E-state index in [0.717, 1.165) is 27.6 Å². The van der Waals surface area contributed by atoms with Gasteiger partial charge in [-0.1, -0.05) is 12.6 Å². The average molecular weight is 597 g/mol. The van der Waals surface area contributed by atoms with E-state index >= 15 is 4.39 Å². The van der Waals surface area contributed by atoms with Crippen molar-refractivity contribution in [2.75, 3.05) is 43.4 Å². The van der Waals surface area contributed by atoms with Crippen LogP contribution >= 0.6 is 0 Å². The maximum absolute atomic E-state index is 17.1. The van der Waals surface area contributed by atoms with E-state index < -0.39 is 11.9 Å². The quantitative estimate of drug-likeness (QED) is 0.238. The van der Waals surface area contributed by atoms with Crippen molar-refractivity contribution < 1.29 is 14.3 Å². The Morgan fingerprint density at radius 3 is 2.77 bits per heavy atom. The number of amides is 1. The van der Waals surface area contributed by atoms with Crippen LogP contribution in [0.1, 0.15) is 41.8 Å². The number of rotatable bonds is 5. The van der Waals surface area contributed by atoms with Gasteiger partial charge in [0.1, 0.15) is 5.84 Å². The van der Waals surface area contributed by atoms with Crippen molar-refractivity contribution in [3.8, 4) is 11.1 Å². The van der Waals surface area contributed by atoms with E-state index in [2.05, 4.69) is 27.1 Å². The van der Waals surface area contributed by atoms with Crippen LogP contribution in [0.5, 0.6) is 0 Å². The van der Waals surface area contributed by atoms with Gasteiger partial charge in [-0.05, 0) is 68.2 Å². The second-order valence-corrected chi connectivity index (χ2v) is 11.7. The lowest BCUT2D eigenvalue weighted by molar-refractivity contribution is -0.128. The van der Waals surface area contributed by atoms with E-state index in [1.54, 1.807) is 30.3 Å². The summed E-state index contributed by atoms with van der Waals surface area (Å²) in [4.78, 5) is 22.5. The summed E-state index contributed by atoms with van der Waals surface area (Å²) in [6.07, 6.45) is 4.45. The largest absolute Gasteiger partial charge is 0.387 e. The van der Waals surface area contributed by atoms with Crippen LogP contribution in [0.25, 0.3) is 22.0 Å². The Hall–Kier alpha value is -4.77. The summed E-state index contributed by atoms with van der Waals surface area (Å²) >= 11 is 0. The maximum Gasteiger partial charge on any atom is 0.246 e. The van der Waals surface area contributed by atoms with Gasteiger partial charge in [-0.15, -0.1) is 0 Å². The van der Waals surface area contributed by atoms with Crippen LogP contribution in [0.3, 0.4) is 0 Å². The van der Waals surface area contributed by atoms with Crippen molar-refractivity contribution in [3.63, 3.8) is 0 Å². The van der Waals surface area contributed by atoms with Gasteiger partial charge in [0.05, 0.1) is 46.1 Å².